The van der Waals surface area contributed by atoms with Crippen LogP contribution in [0.3, 0.4) is 0 Å². The van der Waals surface area contributed by atoms with Crippen molar-refractivity contribution in [3.63, 3.8) is 0 Å². The van der Waals surface area contributed by atoms with Crippen LogP contribution in [0.5, 0.6) is 0 Å². The molecule has 0 aromatic heterocycles. The molecule has 0 bridgehead atoms. The highest BCUT2D eigenvalue weighted by molar-refractivity contribution is 6.01. The number of carbonyl (C=O) groups is 3. The fourth-order valence-electron chi connectivity index (χ4n) is 8.40. The Bertz CT molecular complexity index is 1040. The zero-order valence-corrected chi connectivity index (χ0v) is 25.4. The summed E-state index contributed by atoms with van der Waals surface area (Å²) in [7, 11) is 0. The largest absolute Gasteiger partial charge is 0.465 e. The molecule has 6 atom stereocenters. The first-order chi connectivity index (χ1) is 18.3. The third-order valence-corrected chi connectivity index (χ3v) is 11.7. The summed E-state index contributed by atoms with van der Waals surface area (Å²) < 4.78 is 89.9. The standard InChI is InChI=1S/C30H44F6O5/c1-23(2,3)27(9,26(8)21-18-11-10-17(18)20(21)25(26,6)7)22(39)41-13-12-24(4,5)16-40-14-19(38)28(15-37,29(31,32)33)30(34,35)36/h15,17-18,20-21H,10-14,16H2,1-9H3. The molecule has 0 aromatic carbocycles. The van der Waals surface area contributed by atoms with Crippen molar-refractivity contribution >= 4 is 18.0 Å². The minimum Gasteiger partial charge on any atom is -0.465 e. The van der Waals surface area contributed by atoms with Gasteiger partial charge in [-0.05, 0) is 71.5 Å². The summed E-state index contributed by atoms with van der Waals surface area (Å²) in [6.07, 6.45) is -11.1. The van der Waals surface area contributed by atoms with Crippen LogP contribution in [0.1, 0.15) is 81.6 Å². The van der Waals surface area contributed by atoms with E-state index in [0.29, 0.717) is 17.8 Å². The van der Waals surface area contributed by atoms with Gasteiger partial charge in [0.1, 0.15) is 6.61 Å². The molecule has 3 fully saturated rings. The van der Waals surface area contributed by atoms with Crippen LogP contribution in [0.25, 0.3) is 0 Å². The molecule has 0 aliphatic heterocycles. The first-order valence-corrected chi connectivity index (χ1v) is 14.2. The summed E-state index contributed by atoms with van der Waals surface area (Å²) in [5.41, 5.74) is -7.65. The second kappa shape index (κ2) is 9.94. The van der Waals surface area contributed by atoms with Crippen molar-refractivity contribution in [1.29, 1.82) is 0 Å². The predicted molar refractivity (Wildman–Crippen MR) is 138 cm³/mol. The van der Waals surface area contributed by atoms with Crippen molar-refractivity contribution in [2.75, 3.05) is 19.8 Å². The summed E-state index contributed by atoms with van der Waals surface area (Å²) in [5, 5.41) is 0. The number of hydrogen-bond donors (Lipinski definition) is 0. The molecule has 3 rings (SSSR count). The quantitative estimate of drug-likeness (QED) is 0.109. The van der Waals surface area contributed by atoms with E-state index >= 15 is 0 Å². The van der Waals surface area contributed by atoms with Crippen LogP contribution in [0.15, 0.2) is 0 Å². The van der Waals surface area contributed by atoms with E-state index in [1.165, 1.54) is 12.8 Å². The number of fused-ring (bicyclic) bond motifs is 4. The SMILES string of the molecule is CC(C)(CCOC(=O)C(C)(C(C)(C)C)C1(C)C2C3CCC3C2C1(C)C)COCC(=O)C(C=O)(C(F)(F)F)C(F)(F)F. The summed E-state index contributed by atoms with van der Waals surface area (Å²) in [6.45, 7) is 16.1. The Morgan fingerprint density at radius 3 is 1.76 bits per heavy atom. The van der Waals surface area contributed by atoms with Crippen molar-refractivity contribution < 1.29 is 50.2 Å². The molecule has 3 aliphatic carbocycles. The van der Waals surface area contributed by atoms with Crippen LogP contribution in [0, 0.1) is 56.2 Å². The van der Waals surface area contributed by atoms with E-state index in [1.807, 2.05) is 27.7 Å². The molecule has 0 N–H and O–H groups in total. The van der Waals surface area contributed by atoms with Crippen molar-refractivity contribution in [3.05, 3.63) is 0 Å². The van der Waals surface area contributed by atoms with Crippen LogP contribution in [-0.4, -0.2) is 50.2 Å². The van der Waals surface area contributed by atoms with E-state index in [1.54, 1.807) is 13.8 Å². The molecule has 0 aromatic rings. The van der Waals surface area contributed by atoms with Gasteiger partial charge >= 0.3 is 18.3 Å². The monoisotopic (exact) mass is 598 g/mol. The van der Waals surface area contributed by atoms with Crippen LogP contribution < -0.4 is 0 Å². The van der Waals surface area contributed by atoms with Gasteiger partial charge in [0.05, 0.1) is 18.6 Å². The molecule has 0 heterocycles. The number of Topliss-reactive ketones (excluding diaryl/α,β-unsaturated/α-hetero) is 1. The van der Waals surface area contributed by atoms with Gasteiger partial charge < -0.3 is 14.3 Å². The molecule has 0 amide bonds. The van der Waals surface area contributed by atoms with Gasteiger partial charge in [-0.3, -0.25) is 9.59 Å². The first kappa shape index (κ1) is 33.8. The lowest BCUT2D eigenvalue weighted by molar-refractivity contribution is -0.378. The zero-order valence-electron chi connectivity index (χ0n) is 25.4. The third-order valence-electron chi connectivity index (χ3n) is 11.7. The molecule has 3 saturated carbocycles. The Morgan fingerprint density at radius 1 is 0.854 bits per heavy atom. The van der Waals surface area contributed by atoms with Crippen molar-refractivity contribution in [2.24, 2.45) is 56.2 Å². The molecule has 41 heavy (non-hydrogen) atoms. The first-order valence-electron chi connectivity index (χ1n) is 14.2. The van der Waals surface area contributed by atoms with Crippen molar-refractivity contribution in [1.82, 2.24) is 0 Å². The Kier molecular flexibility index (Phi) is 8.21. The van der Waals surface area contributed by atoms with Crippen LogP contribution in [-0.2, 0) is 23.9 Å². The number of hydrogen-bond acceptors (Lipinski definition) is 5. The second-order valence-electron chi connectivity index (χ2n) is 15.1. The normalized spacial score (nSPS) is 30.9. The summed E-state index contributed by atoms with van der Waals surface area (Å²) in [5.74, 6) is -0.358. The number of carbonyl (C=O) groups excluding carboxylic acids is 3. The van der Waals surface area contributed by atoms with Gasteiger partial charge in [0.15, 0.2) is 12.1 Å². The Balaban J connectivity index is 1.64. The number of esters is 1. The average Bonchev–Trinajstić information content (AvgIpc) is 2.76. The molecular weight excluding hydrogens is 554 g/mol. The molecule has 236 valence electrons. The number of alkyl halides is 6. The van der Waals surface area contributed by atoms with E-state index in [-0.39, 0.29) is 29.8 Å². The van der Waals surface area contributed by atoms with Crippen LogP contribution in [0.2, 0.25) is 0 Å². The summed E-state index contributed by atoms with van der Waals surface area (Å²) >= 11 is 0. The van der Waals surface area contributed by atoms with Crippen molar-refractivity contribution in [2.45, 2.75) is 93.9 Å². The van der Waals surface area contributed by atoms with E-state index in [2.05, 4.69) is 20.8 Å². The lowest BCUT2D eigenvalue weighted by Crippen LogP contribution is -2.82. The molecule has 0 spiro atoms. The van der Waals surface area contributed by atoms with E-state index in [0.717, 1.165) is 5.92 Å². The average molecular weight is 599 g/mol. The van der Waals surface area contributed by atoms with E-state index in [4.69, 9.17) is 9.47 Å². The van der Waals surface area contributed by atoms with Gasteiger partial charge in [0, 0.05) is 0 Å². The molecule has 5 nitrogen and oxygen atoms in total. The summed E-state index contributed by atoms with van der Waals surface area (Å²) in [4.78, 5) is 36.8. The topological polar surface area (TPSA) is 69.7 Å². The Hall–Kier alpha value is -1.65. The van der Waals surface area contributed by atoms with Gasteiger partial charge in [0.25, 0.3) is 5.41 Å². The molecule has 11 heteroatoms. The maximum absolute atomic E-state index is 13.9. The van der Waals surface area contributed by atoms with E-state index in [9.17, 15) is 40.7 Å². The number of ether oxygens (including phenoxy) is 2. The fourth-order valence-corrected chi connectivity index (χ4v) is 8.40. The molecule has 6 unspecified atom stereocenters. The highest BCUT2D eigenvalue weighted by atomic mass is 19.4. The fraction of sp³-hybridized carbons (Fsp3) is 0.900. The molecular formula is C30H44F6O5. The number of rotatable bonds is 11. The number of ketones is 1. The molecule has 0 radical (unpaired) electrons. The third kappa shape index (κ3) is 4.57. The number of halogens is 6. The van der Waals surface area contributed by atoms with Crippen molar-refractivity contribution in [3.8, 4) is 0 Å². The minimum absolute atomic E-state index is 0.0468. The maximum Gasteiger partial charge on any atom is 0.416 e. The minimum atomic E-state index is -6.17. The van der Waals surface area contributed by atoms with Gasteiger partial charge in [-0.1, -0.05) is 55.4 Å². The summed E-state index contributed by atoms with van der Waals surface area (Å²) in [6, 6.07) is 0. The lowest BCUT2D eigenvalue weighted by atomic mass is 9.19. The lowest BCUT2D eigenvalue weighted by Gasteiger charge is -2.85. The van der Waals surface area contributed by atoms with E-state index < -0.39 is 59.3 Å². The van der Waals surface area contributed by atoms with Crippen LogP contribution >= 0.6 is 0 Å². The Morgan fingerprint density at radius 2 is 1.34 bits per heavy atom. The second-order valence-corrected chi connectivity index (χ2v) is 15.1. The van der Waals surface area contributed by atoms with Crippen LogP contribution in [0.4, 0.5) is 26.3 Å². The molecule has 0 saturated heterocycles. The highest BCUT2D eigenvalue weighted by Crippen LogP contribution is 2.86. The smallest absolute Gasteiger partial charge is 0.416 e. The van der Waals surface area contributed by atoms with Gasteiger partial charge in [-0.15, -0.1) is 0 Å². The highest BCUT2D eigenvalue weighted by Gasteiger charge is 2.83. The maximum atomic E-state index is 13.9. The number of aldehydes is 1. The van der Waals surface area contributed by atoms with Gasteiger partial charge in [-0.25, -0.2) is 0 Å². The zero-order chi connectivity index (χ0) is 31.8. The van der Waals surface area contributed by atoms with Gasteiger partial charge in [-0.2, -0.15) is 26.3 Å². The Labute approximate surface area is 238 Å². The van der Waals surface area contributed by atoms with Gasteiger partial charge in [0.2, 0.25) is 0 Å². The predicted octanol–water partition coefficient (Wildman–Crippen LogP) is 7.21. The molecule has 3 aliphatic rings.